The Morgan fingerprint density at radius 1 is 0.778 bits per heavy atom. The van der Waals surface area contributed by atoms with Gasteiger partial charge in [0.05, 0.1) is 18.8 Å². The van der Waals surface area contributed by atoms with Crippen LogP contribution < -0.4 is 0 Å². The number of aliphatic hydroxyl groups excluding tert-OH is 1. The minimum atomic E-state index is -0.102. The second kappa shape index (κ2) is 9.01. The number of rotatable bonds is 6. The van der Waals surface area contributed by atoms with Crippen LogP contribution in [0, 0.1) is 0 Å². The summed E-state index contributed by atoms with van der Waals surface area (Å²) in [5, 5.41) is 9.63. The zero-order valence-electron chi connectivity index (χ0n) is 16.1. The molecule has 1 aliphatic heterocycles. The Morgan fingerprint density at radius 3 is 1.93 bits per heavy atom. The van der Waals surface area contributed by atoms with E-state index in [1.165, 1.54) is 47.9 Å². The summed E-state index contributed by atoms with van der Waals surface area (Å²) >= 11 is 0. The standard InChI is InChI=1S/C24H31NO2/c26-23-13-15-25(16-14-23)17-19-5-9-21(10-6-19)22-11-7-20(8-12-22)18-27-24-3-1-2-4-24/h5-12,23-24,26H,1-4,13-18H2. The van der Waals surface area contributed by atoms with Gasteiger partial charge in [-0.25, -0.2) is 0 Å². The van der Waals surface area contributed by atoms with E-state index >= 15 is 0 Å². The third kappa shape index (κ3) is 5.19. The summed E-state index contributed by atoms with van der Waals surface area (Å²) < 4.78 is 6.01. The molecule has 1 aliphatic carbocycles. The minimum Gasteiger partial charge on any atom is -0.393 e. The average molecular weight is 366 g/mol. The third-order valence-corrected chi connectivity index (χ3v) is 5.99. The van der Waals surface area contributed by atoms with Crippen molar-refractivity contribution >= 4 is 0 Å². The number of benzene rings is 2. The van der Waals surface area contributed by atoms with Crippen LogP contribution in [-0.4, -0.2) is 35.3 Å². The molecule has 0 atom stereocenters. The number of aliphatic hydroxyl groups is 1. The van der Waals surface area contributed by atoms with Crippen LogP contribution in [0.4, 0.5) is 0 Å². The SMILES string of the molecule is OC1CCN(Cc2ccc(-c3ccc(COC4CCCC4)cc3)cc2)CC1. The molecule has 2 aromatic rings. The molecule has 0 amide bonds. The van der Waals surface area contributed by atoms with Crippen molar-refractivity contribution in [3.63, 3.8) is 0 Å². The maximum absolute atomic E-state index is 9.63. The number of nitrogens with zero attached hydrogens (tertiary/aromatic N) is 1. The lowest BCUT2D eigenvalue weighted by Gasteiger charge is -2.29. The van der Waals surface area contributed by atoms with Crippen molar-refractivity contribution in [1.29, 1.82) is 0 Å². The van der Waals surface area contributed by atoms with Crippen molar-refractivity contribution in [3.8, 4) is 11.1 Å². The molecular formula is C24H31NO2. The van der Waals surface area contributed by atoms with Crippen LogP contribution in [0.1, 0.15) is 49.7 Å². The van der Waals surface area contributed by atoms with Gasteiger partial charge in [-0.1, -0.05) is 61.4 Å². The van der Waals surface area contributed by atoms with E-state index in [0.29, 0.717) is 6.10 Å². The molecule has 0 bridgehead atoms. The summed E-state index contributed by atoms with van der Waals surface area (Å²) in [6.07, 6.45) is 7.25. The van der Waals surface area contributed by atoms with Gasteiger partial charge in [0.2, 0.25) is 0 Å². The second-order valence-corrected chi connectivity index (χ2v) is 8.12. The van der Waals surface area contributed by atoms with Crippen molar-refractivity contribution in [2.24, 2.45) is 0 Å². The Balaban J connectivity index is 1.31. The van der Waals surface area contributed by atoms with Gasteiger partial charge in [0.15, 0.2) is 0 Å². The molecule has 0 radical (unpaired) electrons. The molecule has 2 aliphatic rings. The van der Waals surface area contributed by atoms with E-state index < -0.39 is 0 Å². The summed E-state index contributed by atoms with van der Waals surface area (Å²) in [5.41, 5.74) is 5.12. The van der Waals surface area contributed by atoms with Crippen LogP contribution in [0.25, 0.3) is 11.1 Å². The van der Waals surface area contributed by atoms with Crippen molar-refractivity contribution < 1.29 is 9.84 Å². The molecule has 1 N–H and O–H groups in total. The Labute approximate surface area is 163 Å². The van der Waals surface area contributed by atoms with Crippen molar-refractivity contribution in [2.75, 3.05) is 13.1 Å². The largest absolute Gasteiger partial charge is 0.393 e. The van der Waals surface area contributed by atoms with Crippen LogP contribution in [0.3, 0.4) is 0 Å². The highest BCUT2D eigenvalue weighted by molar-refractivity contribution is 5.63. The van der Waals surface area contributed by atoms with Crippen molar-refractivity contribution in [2.45, 2.75) is 63.9 Å². The van der Waals surface area contributed by atoms with Crippen molar-refractivity contribution in [3.05, 3.63) is 59.7 Å². The zero-order chi connectivity index (χ0) is 18.5. The van der Waals surface area contributed by atoms with Gasteiger partial charge >= 0.3 is 0 Å². The van der Waals surface area contributed by atoms with Gasteiger partial charge in [0, 0.05) is 19.6 Å². The van der Waals surface area contributed by atoms with Crippen LogP contribution >= 0.6 is 0 Å². The maximum Gasteiger partial charge on any atom is 0.0720 e. The quantitative estimate of drug-likeness (QED) is 0.800. The predicted molar refractivity (Wildman–Crippen MR) is 109 cm³/mol. The first-order valence-corrected chi connectivity index (χ1v) is 10.5. The van der Waals surface area contributed by atoms with E-state index in [1.54, 1.807) is 0 Å². The fourth-order valence-electron chi connectivity index (χ4n) is 4.20. The van der Waals surface area contributed by atoms with E-state index in [2.05, 4.69) is 53.4 Å². The number of likely N-dealkylation sites (tertiary alicyclic amines) is 1. The van der Waals surface area contributed by atoms with Gasteiger partial charge in [-0.3, -0.25) is 4.90 Å². The van der Waals surface area contributed by atoms with Gasteiger partial charge < -0.3 is 9.84 Å². The third-order valence-electron chi connectivity index (χ3n) is 5.99. The monoisotopic (exact) mass is 365 g/mol. The molecule has 1 saturated carbocycles. The van der Waals surface area contributed by atoms with Crippen LogP contribution in [0.15, 0.2) is 48.5 Å². The Bertz CT molecular complexity index is 696. The lowest BCUT2D eigenvalue weighted by Crippen LogP contribution is -2.35. The number of piperidine rings is 1. The summed E-state index contributed by atoms with van der Waals surface area (Å²) in [6.45, 7) is 3.69. The van der Waals surface area contributed by atoms with Crippen LogP contribution in [-0.2, 0) is 17.9 Å². The average Bonchev–Trinajstić information content (AvgIpc) is 3.23. The van der Waals surface area contributed by atoms with Gasteiger partial charge in [0.1, 0.15) is 0 Å². The van der Waals surface area contributed by atoms with Crippen molar-refractivity contribution in [1.82, 2.24) is 4.90 Å². The van der Waals surface area contributed by atoms with Gasteiger partial charge in [-0.05, 0) is 47.9 Å². The molecule has 0 spiro atoms. The Kier molecular flexibility index (Phi) is 6.23. The molecular weight excluding hydrogens is 334 g/mol. The number of hydrogen-bond acceptors (Lipinski definition) is 3. The lowest BCUT2D eigenvalue weighted by molar-refractivity contribution is 0.0457. The zero-order valence-corrected chi connectivity index (χ0v) is 16.1. The van der Waals surface area contributed by atoms with Crippen LogP contribution in [0.5, 0.6) is 0 Å². The normalized spacial score (nSPS) is 19.6. The number of hydrogen-bond donors (Lipinski definition) is 1. The van der Waals surface area contributed by atoms with Crippen LogP contribution in [0.2, 0.25) is 0 Å². The van der Waals surface area contributed by atoms with E-state index in [0.717, 1.165) is 39.1 Å². The van der Waals surface area contributed by atoms with E-state index in [4.69, 9.17) is 4.74 Å². The predicted octanol–water partition coefficient (Wildman–Crippen LogP) is 4.77. The van der Waals surface area contributed by atoms with Gasteiger partial charge in [-0.15, -0.1) is 0 Å². The highest BCUT2D eigenvalue weighted by Crippen LogP contribution is 2.24. The number of ether oxygens (including phenoxy) is 1. The fraction of sp³-hybridized carbons (Fsp3) is 0.500. The van der Waals surface area contributed by atoms with E-state index in [-0.39, 0.29) is 6.10 Å². The molecule has 2 aromatic carbocycles. The molecule has 1 heterocycles. The topological polar surface area (TPSA) is 32.7 Å². The molecule has 3 nitrogen and oxygen atoms in total. The minimum absolute atomic E-state index is 0.102. The Hall–Kier alpha value is -1.68. The highest BCUT2D eigenvalue weighted by Gasteiger charge is 2.17. The molecule has 144 valence electrons. The summed E-state index contributed by atoms with van der Waals surface area (Å²) in [6, 6.07) is 17.7. The molecule has 0 unspecified atom stereocenters. The summed E-state index contributed by atoms with van der Waals surface area (Å²) in [7, 11) is 0. The summed E-state index contributed by atoms with van der Waals surface area (Å²) in [4.78, 5) is 2.43. The van der Waals surface area contributed by atoms with E-state index in [1.807, 2.05) is 0 Å². The van der Waals surface area contributed by atoms with E-state index in [9.17, 15) is 5.11 Å². The molecule has 2 fully saturated rings. The second-order valence-electron chi connectivity index (χ2n) is 8.12. The molecule has 4 rings (SSSR count). The molecule has 27 heavy (non-hydrogen) atoms. The maximum atomic E-state index is 9.63. The molecule has 1 saturated heterocycles. The van der Waals surface area contributed by atoms with Gasteiger partial charge in [0.25, 0.3) is 0 Å². The fourth-order valence-corrected chi connectivity index (χ4v) is 4.20. The summed E-state index contributed by atoms with van der Waals surface area (Å²) in [5.74, 6) is 0. The first kappa shape index (κ1) is 18.7. The smallest absolute Gasteiger partial charge is 0.0720 e. The molecule has 0 aromatic heterocycles. The first-order chi connectivity index (χ1) is 13.3. The highest BCUT2D eigenvalue weighted by atomic mass is 16.5. The first-order valence-electron chi connectivity index (χ1n) is 10.5. The lowest BCUT2D eigenvalue weighted by atomic mass is 10.0. The molecule has 3 heteroatoms. The van der Waals surface area contributed by atoms with Gasteiger partial charge in [-0.2, -0.15) is 0 Å². The Morgan fingerprint density at radius 2 is 1.33 bits per heavy atom.